The van der Waals surface area contributed by atoms with Gasteiger partial charge in [-0.05, 0) is 136 Å². The summed E-state index contributed by atoms with van der Waals surface area (Å²) in [6.07, 6.45) is 0.808. The molecular formula is C72H86N4O18S2. The van der Waals surface area contributed by atoms with Crippen molar-refractivity contribution in [2.24, 2.45) is 0 Å². The van der Waals surface area contributed by atoms with Gasteiger partial charge >= 0.3 is 24.1 Å². The SMILES string of the molecule is CC(C)(C)OC(=O)N[C@@H](Cc1ccc(OCCOCCOCCOCCCC(=O)c2ccc(C#N)s2)cc1)C(=O)OC(C)(C)C.N#Cc1ccc(C(=O)CCCOCCOCCOCCOc2ccc(C[C@H](NC(=O)OCC3c4ccccc4-c4ccccc43)C(=O)O)cc2)s1. The Morgan fingerprint density at radius 2 is 0.865 bits per heavy atom. The molecule has 2 aromatic heterocycles. The van der Waals surface area contributed by atoms with Gasteiger partial charge in [0.25, 0.3) is 0 Å². The molecule has 2 amide bonds. The highest BCUT2D eigenvalue weighted by molar-refractivity contribution is 7.14. The lowest BCUT2D eigenvalue weighted by Gasteiger charge is -2.26. The predicted molar refractivity (Wildman–Crippen MR) is 360 cm³/mol. The van der Waals surface area contributed by atoms with Crippen LogP contribution in [0.3, 0.4) is 0 Å². The zero-order valence-electron chi connectivity index (χ0n) is 55.2. The maximum atomic E-state index is 12.8. The van der Waals surface area contributed by atoms with Crippen molar-refractivity contribution in [1.82, 2.24) is 10.6 Å². The number of hydrogen-bond donors (Lipinski definition) is 3. The van der Waals surface area contributed by atoms with Crippen LogP contribution >= 0.6 is 22.7 Å². The Kier molecular flexibility index (Phi) is 32.5. The molecule has 2 heterocycles. The van der Waals surface area contributed by atoms with E-state index in [4.69, 9.17) is 62.6 Å². The number of nitrogens with zero attached hydrogens (tertiary/aromatic N) is 2. The molecule has 7 rings (SSSR count). The fourth-order valence-electron chi connectivity index (χ4n) is 9.45. The maximum Gasteiger partial charge on any atom is 0.408 e. The van der Waals surface area contributed by atoms with Gasteiger partial charge in [-0.1, -0.05) is 72.8 Å². The van der Waals surface area contributed by atoms with Crippen LogP contribution in [-0.2, 0) is 65.1 Å². The number of thiophene rings is 2. The van der Waals surface area contributed by atoms with Gasteiger partial charge in [-0.15, -0.1) is 22.7 Å². The first-order valence-electron chi connectivity index (χ1n) is 31.7. The van der Waals surface area contributed by atoms with Crippen molar-refractivity contribution < 1.29 is 86.0 Å². The quantitative estimate of drug-likeness (QED) is 0.0139. The standard InChI is InChI=1S/C39H40N2O9S.C33H46N2O9S/c40-25-29-15-16-37(51-29)36(42)10-5-17-46-18-19-47-20-21-48-22-23-49-28-13-11-27(12-14-28)24-35(38(43)44)41-39(45)50-26-34-32-8-3-1-6-30(32)31-7-2-4-9-33(31)34;1-32(2,3)43-30(37)27(35-31(38)44-33(4,5)6)22-24-9-11-25(12-10-24)42-21-20-41-19-18-40-17-16-39-15-7-8-28(36)29-14-13-26(23-34)45-29/h1-4,6-9,11-16,34-35H,5,10,17-24,26H2,(H,41,45)(H,43,44);9-14,27H,7-8,15-22H2,1-6H3,(H,35,38)/t35-;27-/m00/s1. The minimum atomic E-state index is -1.16. The topological polar surface area (TPSA) is 296 Å². The Labute approximate surface area is 568 Å². The molecule has 3 N–H and O–H groups in total. The number of ketones is 2. The van der Waals surface area contributed by atoms with E-state index in [1.54, 1.807) is 102 Å². The van der Waals surface area contributed by atoms with Gasteiger partial charge in [0.05, 0.1) is 75.8 Å². The van der Waals surface area contributed by atoms with E-state index in [-0.39, 0.29) is 36.9 Å². The molecule has 4 aromatic carbocycles. The molecule has 514 valence electrons. The van der Waals surface area contributed by atoms with Gasteiger partial charge in [-0.25, -0.2) is 19.2 Å². The predicted octanol–water partition coefficient (Wildman–Crippen LogP) is 11.7. The van der Waals surface area contributed by atoms with Gasteiger partial charge in [-0.2, -0.15) is 10.5 Å². The minimum Gasteiger partial charge on any atom is -0.491 e. The van der Waals surface area contributed by atoms with Crippen LogP contribution < -0.4 is 20.1 Å². The number of carboxylic acids is 1. The van der Waals surface area contributed by atoms with Crippen LogP contribution in [0.25, 0.3) is 11.1 Å². The number of Topliss-reactive ketones (excluding diaryl/α,β-unsaturated/α-hetero) is 2. The smallest absolute Gasteiger partial charge is 0.408 e. The molecular weight excluding hydrogens is 1270 g/mol. The molecule has 22 nitrogen and oxygen atoms in total. The molecule has 0 bridgehead atoms. The van der Waals surface area contributed by atoms with Crippen molar-refractivity contribution in [3.8, 4) is 34.8 Å². The molecule has 0 unspecified atom stereocenters. The third-order valence-corrected chi connectivity index (χ3v) is 16.0. The largest absolute Gasteiger partial charge is 0.491 e. The molecule has 0 aliphatic heterocycles. The monoisotopic (exact) mass is 1360 g/mol. The van der Waals surface area contributed by atoms with E-state index in [1.807, 2.05) is 60.7 Å². The van der Waals surface area contributed by atoms with Gasteiger partial charge in [-0.3, -0.25) is 9.59 Å². The second-order valence-electron chi connectivity index (χ2n) is 23.8. The van der Waals surface area contributed by atoms with Gasteiger partial charge in [0.1, 0.15) is 76.5 Å². The normalized spacial score (nSPS) is 12.3. The maximum absolute atomic E-state index is 12.8. The Morgan fingerprint density at radius 3 is 1.26 bits per heavy atom. The highest BCUT2D eigenvalue weighted by Crippen LogP contribution is 2.44. The summed E-state index contributed by atoms with van der Waals surface area (Å²) in [7, 11) is 0. The van der Waals surface area contributed by atoms with Crippen LogP contribution in [-0.4, -0.2) is 163 Å². The number of amides is 2. The number of carbonyl (C=O) groups is 6. The number of carboxylic acid groups (broad SMARTS) is 1. The summed E-state index contributed by atoms with van der Waals surface area (Å²) >= 11 is 2.42. The van der Waals surface area contributed by atoms with Gasteiger partial charge in [0.2, 0.25) is 0 Å². The van der Waals surface area contributed by atoms with E-state index in [1.165, 1.54) is 22.7 Å². The zero-order chi connectivity index (χ0) is 69.1. The van der Waals surface area contributed by atoms with E-state index in [0.717, 1.165) is 27.8 Å². The van der Waals surface area contributed by atoms with Crippen LogP contribution in [0.4, 0.5) is 9.59 Å². The molecule has 6 aromatic rings. The van der Waals surface area contributed by atoms with E-state index >= 15 is 0 Å². The summed E-state index contributed by atoms with van der Waals surface area (Å²) in [5, 5.41) is 32.6. The van der Waals surface area contributed by atoms with E-state index in [2.05, 4.69) is 22.8 Å². The van der Waals surface area contributed by atoms with Crippen LogP contribution in [0.2, 0.25) is 0 Å². The fourth-order valence-corrected chi connectivity index (χ4v) is 11.0. The minimum absolute atomic E-state index is 0.0196. The van der Waals surface area contributed by atoms with Crippen molar-refractivity contribution in [2.45, 2.75) is 109 Å². The van der Waals surface area contributed by atoms with Crippen LogP contribution in [0.5, 0.6) is 11.5 Å². The first-order chi connectivity index (χ1) is 46.2. The van der Waals surface area contributed by atoms with Crippen molar-refractivity contribution in [3.63, 3.8) is 0 Å². The number of hydrogen-bond acceptors (Lipinski definition) is 21. The first-order valence-corrected chi connectivity index (χ1v) is 33.3. The number of nitrogens with one attached hydrogen (secondary N) is 2. The Hall–Kier alpha value is -8.56. The third kappa shape index (κ3) is 28.4. The molecule has 24 heteroatoms. The van der Waals surface area contributed by atoms with Crippen LogP contribution in [0.1, 0.15) is 124 Å². The fraction of sp³-hybridized carbons (Fsp3) is 0.444. The summed E-state index contributed by atoms with van der Waals surface area (Å²) in [5.74, 6) is -0.525. The summed E-state index contributed by atoms with van der Waals surface area (Å²) in [6, 6.07) is 38.9. The number of ether oxygens (including phenoxy) is 11. The molecule has 0 saturated heterocycles. The van der Waals surface area contributed by atoms with E-state index < -0.39 is 47.4 Å². The Morgan fingerprint density at radius 1 is 0.479 bits per heavy atom. The van der Waals surface area contributed by atoms with E-state index in [9.17, 15) is 33.9 Å². The highest BCUT2D eigenvalue weighted by atomic mass is 32.1. The lowest BCUT2D eigenvalue weighted by molar-refractivity contribution is -0.157. The second kappa shape index (κ2) is 40.7. The number of alkyl carbamates (subject to hydrolysis) is 2. The third-order valence-electron chi connectivity index (χ3n) is 13.9. The molecule has 2 atom stereocenters. The van der Waals surface area contributed by atoms with Crippen molar-refractivity contribution in [3.05, 3.63) is 163 Å². The summed E-state index contributed by atoms with van der Waals surface area (Å²) in [6.45, 7) is 16.3. The van der Waals surface area contributed by atoms with E-state index in [0.29, 0.717) is 155 Å². The molecule has 0 fully saturated rings. The number of nitriles is 2. The molecule has 1 aliphatic carbocycles. The van der Waals surface area contributed by atoms with Gasteiger partial charge in [0.15, 0.2) is 11.6 Å². The second-order valence-corrected chi connectivity index (χ2v) is 25.9. The summed E-state index contributed by atoms with van der Waals surface area (Å²) < 4.78 is 60.9. The molecule has 0 spiro atoms. The highest BCUT2D eigenvalue weighted by Gasteiger charge is 2.31. The summed E-state index contributed by atoms with van der Waals surface area (Å²) in [4.78, 5) is 76.2. The number of rotatable bonds is 40. The van der Waals surface area contributed by atoms with Gasteiger partial charge in [0, 0.05) is 44.8 Å². The molecule has 0 saturated carbocycles. The molecule has 1 aliphatic rings. The average Bonchev–Trinajstić information content (AvgIpc) is 1.62. The van der Waals surface area contributed by atoms with Crippen molar-refractivity contribution in [2.75, 3.05) is 99.1 Å². The number of benzene rings is 4. The molecule has 96 heavy (non-hydrogen) atoms. The van der Waals surface area contributed by atoms with Crippen molar-refractivity contribution in [1.29, 1.82) is 10.5 Å². The number of carbonyl (C=O) groups excluding carboxylic acids is 5. The average molecular weight is 1360 g/mol. The lowest BCUT2D eigenvalue weighted by Crippen LogP contribution is -2.47. The Balaban J connectivity index is 0.000000306. The van der Waals surface area contributed by atoms with Gasteiger partial charge < -0.3 is 67.8 Å². The summed E-state index contributed by atoms with van der Waals surface area (Å²) in [5.41, 5.74) is 4.51. The van der Waals surface area contributed by atoms with Crippen molar-refractivity contribution >= 4 is 58.4 Å². The van der Waals surface area contributed by atoms with Crippen LogP contribution in [0.15, 0.2) is 121 Å². The zero-order valence-corrected chi connectivity index (χ0v) is 56.9. The Bertz CT molecular complexity index is 3440. The number of esters is 1. The van der Waals surface area contributed by atoms with Crippen LogP contribution in [0, 0.1) is 22.7 Å². The number of fused-ring (bicyclic) bond motifs is 3. The first kappa shape index (κ1) is 76.5. The molecule has 0 radical (unpaired) electrons. The lowest BCUT2D eigenvalue weighted by atomic mass is 9.98. The number of aliphatic carboxylic acids is 1.